The lowest BCUT2D eigenvalue weighted by Gasteiger charge is -2.29. The predicted octanol–water partition coefficient (Wildman–Crippen LogP) is 6.63. The third-order valence-electron chi connectivity index (χ3n) is 6.50. The van der Waals surface area contributed by atoms with Crippen molar-refractivity contribution in [1.82, 2.24) is 14.9 Å². The van der Waals surface area contributed by atoms with Crippen molar-refractivity contribution in [3.63, 3.8) is 0 Å². The fourth-order valence-corrected chi connectivity index (χ4v) is 5.49. The van der Waals surface area contributed by atoms with Crippen LogP contribution in [0.4, 0.5) is 5.69 Å². The quantitative estimate of drug-likeness (QED) is 0.338. The predicted molar refractivity (Wildman–Crippen MR) is 139 cm³/mol. The van der Waals surface area contributed by atoms with Crippen molar-refractivity contribution in [2.24, 2.45) is 0 Å². The Morgan fingerprint density at radius 2 is 1.61 bits per heavy atom. The van der Waals surface area contributed by atoms with Gasteiger partial charge in [0.2, 0.25) is 0 Å². The molecule has 2 aromatic carbocycles. The maximum absolute atomic E-state index is 6.34. The van der Waals surface area contributed by atoms with Gasteiger partial charge in [-0.05, 0) is 81.0 Å². The first-order chi connectivity index (χ1) is 16.0. The van der Waals surface area contributed by atoms with E-state index in [1.54, 1.807) is 0 Å². The van der Waals surface area contributed by atoms with Gasteiger partial charge in [-0.25, -0.2) is 0 Å². The first kappa shape index (κ1) is 21.7. The maximum atomic E-state index is 6.34. The van der Waals surface area contributed by atoms with Crippen LogP contribution in [-0.2, 0) is 0 Å². The van der Waals surface area contributed by atoms with Crippen LogP contribution in [0, 0.1) is 20.8 Å². The van der Waals surface area contributed by atoms with Gasteiger partial charge in [-0.15, -0.1) is 0 Å². The molecule has 0 unspecified atom stereocenters. The number of halogens is 1. The summed E-state index contributed by atoms with van der Waals surface area (Å²) in [4.78, 5) is 6.91. The highest BCUT2D eigenvalue weighted by Crippen LogP contribution is 2.45. The number of nitrogens with zero attached hydrogens (tertiary/aromatic N) is 3. The van der Waals surface area contributed by atoms with E-state index in [-0.39, 0.29) is 12.1 Å². The van der Waals surface area contributed by atoms with Crippen LogP contribution >= 0.6 is 23.8 Å². The lowest BCUT2D eigenvalue weighted by Crippen LogP contribution is -2.29. The molecule has 166 valence electrons. The summed E-state index contributed by atoms with van der Waals surface area (Å²) < 4.78 is 2.29. The van der Waals surface area contributed by atoms with Gasteiger partial charge in [0.05, 0.1) is 17.8 Å². The Bertz CT molecular complexity index is 1320. The van der Waals surface area contributed by atoms with Crippen molar-refractivity contribution < 1.29 is 0 Å². The molecule has 1 aliphatic rings. The van der Waals surface area contributed by atoms with E-state index in [0.717, 1.165) is 22.1 Å². The minimum Gasteiger partial charge on any atom is -0.351 e. The van der Waals surface area contributed by atoms with Crippen molar-refractivity contribution in [3.8, 4) is 5.69 Å². The van der Waals surface area contributed by atoms with Gasteiger partial charge >= 0.3 is 0 Å². The topological polar surface area (TPSA) is 33.1 Å². The van der Waals surface area contributed by atoms with Gasteiger partial charge in [0, 0.05) is 39.5 Å². The van der Waals surface area contributed by atoms with E-state index in [0.29, 0.717) is 5.11 Å². The lowest BCUT2D eigenvalue weighted by molar-refractivity contribution is 0.563. The maximum Gasteiger partial charge on any atom is 0.174 e. The number of hydrogen-bond acceptors (Lipinski definition) is 2. The van der Waals surface area contributed by atoms with Crippen molar-refractivity contribution in [1.29, 1.82) is 0 Å². The summed E-state index contributed by atoms with van der Waals surface area (Å²) in [5.74, 6) is 0. The molecule has 6 heteroatoms. The van der Waals surface area contributed by atoms with E-state index >= 15 is 0 Å². The molecule has 33 heavy (non-hydrogen) atoms. The SMILES string of the molecule is Cc1c([C@@H]2[C@@H](c3ccccn3)NC(=S)N2c2ccccc2)c(C)n(-c2cccc(Cl)c2)c1C. The number of benzene rings is 2. The summed E-state index contributed by atoms with van der Waals surface area (Å²) in [5, 5.41) is 4.99. The van der Waals surface area contributed by atoms with Crippen LogP contribution in [0.2, 0.25) is 5.02 Å². The first-order valence-electron chi connectivity index (χ1n) is 11.0. The average molecular weight is 473 g/mol. The summed E-state index contributed by atoms with van der Waals surface area (Å²) in [6, 6.07) is 24.2. The smallest absolute Gasteiger partial charge is 0.174 e. The fraction of sp³-hybridized carbons (Fsp3) is 0.185. The normalized spacial score (nSPS) is 17.9. The molecule has 1 fully saturated rings. The Morgan fingerprint density at radius 1 is 0.879 bits per heavy atom. The van der Waals surface area contributed by atoms with E-state index in [4.69, 9.17) is 23.8 Å². The Labute approximate surface area is 204 Å². The summed E-state index contributed by atoms with van der Waals surface area (Å²) in [6.45, 7) is 6.53. The average Bonchev–Trinajstić information content (AvgIpc) is 3.27. The zero-order valence-electron chi connectivity index (χ0n) is 18.8. The monoisotopic (exact) mass is 472 g/mol. The largest absolute Gasteiger partial charge is 0.351 e. The molecule has 1 N–H and O–H groups in total. The van der Waals surface area contributed by atoms with Crippen LogP contribution in [0.5, 0.6) is 0 Å². The molecule has 2 aromatic heterocycles. The molecule has 4 aromatic rings. The van der Waals surface area contributed by atoms with Crippen LogP contribution in [0.1, 0.15) is 40.3 Å². The summed E-state index contributed by atoms with van der Waals surface area (Å²) in [7, 11) is 0. The van der Waals surface area contributed by atoms with Crippen molar-refractivity contribution in [2.45, 2.75) is 32.9 Å². The molecule has 4 nitrogen and oxygen atoms in total. The lowest BCUT2D eigenvalue weighted by atomic mass is 9.93. The molecule has 5 rings (SSSR count). The van der Waals surface area contributed by atoms with Crippen LogP contribution < -0.4 is 10.2 Å². The third kappa shape index (κ3) is 3.71. The Kier molecular flexibility index (Phi) is 5.69. The van der Waals surface area contributed by atoms with Gasteiger partial charge in [-0.1, -0.05) is 41.9 Å². The summed E-state index contributed by atoms with van der Waals surface area (Å²) >= 11 is 12.2. The highest BCUT2D eigenvalue weighted by molar-refractivity contribution is 7.80. The highest BCUT2D eigenvalue weighted by Gasteiger charge is 2.43. The zero-order valence-corrected chi connectivity index (χ0v) is 20.4. The van der Waals surface area contributed by atoms with Gasteiger partial charge in [0.25, 0.3) is 0 Å². The number of thiocarbonyl (C=S) groups is 1. The van der Waals surface area contributed by atoms with E-state index in [2.05, 4.69) is 64.8 Å². The second-order valence-corrected chi connectivity index (χ2v) is 9.18. The number of pyridine rings is 1. The van der Waals surface area contributed by atoms with Crippen molar-refractivity contribution >= 4 is 34.6 Å². The molecule has 1 saturated heterocycles. The highest BCUT2D eigenvalue weighted by atomic mass is 35.5. The standard InChI is InChI=1S/C27H25ClN4S/c1-17-18(2)31(22-13-9-10-20(28)16-22)19(3)24(17)26-25(23-14-7-8-15-29-23)30-27(33)32(26)21-11-5-4-6-12-21/h4-16,25-26H,1-3H3,(H,30,33)/t25-,26-/m1/s1. The van der Waals surface area contributed by atoms with E-state index in [1.807, 2.05) is 54.7 Å². The Morgan fingerprint density at radius 3 is 2.30 bits per heavy atom. The Balaban J connectivity index is 1.73. The first-order valence-corrected chi connectivity index (χ1v) is 11.8. The molecular weight excluding hydrogens is 448 g/mol. The molecule has 0 amide bonds. The van der Waals surface area contributed by atoms with Crippen molar-refractivity contribution in [3.05, 3.63) is 112 Å². The zero-order chi connectivity index (χ0) is 23.1. The number of aromatic nitrogens is 2. The molecular formula is C27H25ClN4S. The van der Waals surface area contributed by atoms with Gasteiger partial charge < -0.3 is 14.8 Å². The minimum absolute atomic E-state index is 0.0473. The molecule has 0 saturated carbocycles. The van der Waals surface area contributed by atoms with E-state index in [1.165, 1.54) is 22.5 Å². The molecule has 0 spiro atoms. The van der Waals surface area contributed by atoms with Gasteiger partial charge in [0.15, 0.2) is 5.11 Å². The molecule has 0 aliphatic carbocycles. The third-order valence-corrected chi connectivity index (χ3v) is 7.05. The number of para-hydroxylation sites is 1. The molecule has 0 radical (unpaired) electrons. The van der Waals surface area contributed by atoms with Gasteiger partial charge in [-0.2, -0.15) is 0 Å². The minimum atomic E-state index is -0.0779. The van der Waals surface area contributed by atoms with Crippen LogP contribution in [0.25, 0.3) is 5.69 Å². The molecule has 0 bridgehead atoms. The number of rotatable bonds is 4. The molecule has 3 heterocycles. The van der Waals surface area contributed by atoms with E-state index in [9.17, 15) is 0 Å². The summed E-state index contributed by atoms with van der Waals surface area (Å²) in [5.41, 5.74) is 7.94. The van der Waals surface area contributed by atoms with Crippen LogP contribution in [0.3, 0.4) is 0 Å². The molecule has 2 atom stereocenters. The number of anilines is 1. The number of nitrogens with one attached hydrogen (secondary N) is 1. The van der Waals surface area contributed by atoms with Gasteiger partial charge in [0.1, 0.15) is 0 Å². The van der Waals surface area contributed by atoms with Crippen LogP contribution in [-0.4, -0.2) is 14.7 Å². The van der Waals surface area contributed by atoms with E-state index < -0.39 is 0 Å². The number of hydrogen-bond donors (Lipinski definition) is 1. The second kappa shape index (κ2) is 8.65. The van der Waals surface area contributed by atoms with Gasteiger partial charge in [-0.3, -0.25) is 4.98 Å². The van der Waals surface area contributed by atoms with Crippen LogP contribution in [0.15, 0.2) is 79.0 Å². The second-order valence-electron chi connectivity index (χ2n) is 8.36. The molecule has 1 aliphatic heterocycles. The van der Waals surface area contributed by atoms with Crippen molar-refractivity contribution in [2.75, 3.05) is 4.90 Å². The summed E-state index contributed by atoms with van der Waals surface area (Å²) in [6.07, 6.45) is 1.84. The fourth-order valence-electron chi connectivity index (χ4n) is 4.96. The Hall–Kier alpha value is -3.15.